The first-order chi connectivity index (χ1) is 6.13. The topological polar surface area (TPSA) is 28.7 Å². The molecule has 2 rings (SSSR count). The Morgan fingerprint density at radius 1 is 1.56 bits per heavy atom. The van der Waals surface area contributed by atoms with Gasteiger partial charge in [0.15, 0.2) is 6.33 Å². The Balaban J connectivity index is 3.02. The molecule has 1 N–H and O–H groups in total. The van der Waals surface area contributed by atoms with E-state index < -0.39 is 0 Å². The minimum absolute atomic E-state index is 0.107. The van der Waals surface area contributed by atoms with E-state index in [2.05, 4.69) is 16.3 Å². The zero-order chi connectivity index (χ0) is 9.59. The molecule has 1 aromatic carbocycles. The van der Waals surface area contributed by atoms with Gasteiger partial charge in [0.05, 0.1) is 16.5 Å². The number of fused-ring (bicyclic) bond motifs is 1. The van der Waals surface area contributed by atoms with Crippen molar-refractivity contribution in [2.24, 2.45) is 0 Å². The van der Waals surface area contributed by atoms with Gasteiger partial charge in [-0.25, -0.2) is 4.98 Å². The molecule has 0 aliphatic carbocycles. The molecule has 0 unspecified atom stereocenters. The summed E-state index contributed by atoms with van der Waals surface area (Å²) in [7, 11) is 0. The average Bonchev–Trinajstić information content (AvgIpc) is 2.59. The maximum absolute atomic E-state index is 7.46. The lowest BCUT2D eigenvalue weighted by Gasteiger charge is -1.81. The van der Waals surface area contributed by atoms with Crippen molar-refractivity contribution in [1.29, 1.82) is 0 Å². The van der Waals surface area contributed by atoms with Crippen molar-refractivity contribution in [2.45, 2.75) is 0 Å². The molecule has 0 amide bonds. The average molecular weight is 121 g/mol. The number of hydrogen-bond donors (Lipinski definition) is 1. The van der Waals surface area contributed by atoms with Gasteiger partial charge in [-0.3, -0.25) is 0 Å². The summed E-state index contributed by atoms with van der Waals surface area (Å²) < 4.78 is 29.6. The molecular weight excluding hydrogens is 112 g/mol. The Kier molecular flexibility index (Phi) is 0.376. The highest BCUT2D eigenvalue weighted by Gasteiger charge is 1.89. The molecule has 0 spiro atoms. The van der Waals surface area contributed by atoms with E-state index in [0.717, 1.165) is 0 Å². The molecule has 1 aromatic heterocycles. The van der Waals surface area contributed by atoms with Crippen molar-refractivity contribution in [3.05, 3.63) is 30.5 Å². The summed E-state index contributed by atoms with van der Waals surface area (Å²) in [6.07, 6.45) is 2.39. The standard InChI is InChI=1S/C7H5N2/c1-2-4-7-6(3-1)8-5-9-7/h1-4H,(H,8,9)/i1D,2D,3D,4D. The Hall–Kier alpha value is -1.31. The fourth-order valence-corrected chi connectivity index (χ4v) is 0.620. The Morgan fingerprint density at radius 2 is 2.44 bits per heavy atom. The number of H-pyrrole nitrogens is 1. The van der Waals surface area contributed by atoms with E-state index in [1.54, 1.807) is 0 Å². The molecule has 9 heavy (non-hydrogen) atoms. The van der Waals surface area contributed by atoms with E-state index in [1.165, 1.54) is 0 Å². The molecular formula is C7H5N2. The van der Waals surface area contributed by atoms with Gasteiger partial charge in [-0.1, -0.05) is 12.1 Å². The number of benzene rings is 1. The van der Waals surface area contributed by atoms with Crippen LogP contribution in [-0.2, 0) is 0 Å². The summed E-state index contributed by atoms with van der Waals surface area (Å²) >= 11 is 0. The van der Waals surface area contributed by atoms with Gasteiger partial charge in [0.1, 0.15) is 0 Å². The molecule has 43 valence electrons. The van der Waals surface area contributed by atoms with Crippen LogP contribution in [-0.4, -0.2) is 9.97 Å². The molecule has 0 saturated heterocycles. The highest BCUT2D eigenvalue weighted by atomic mass is 14.9. The van der Waals surface area contributed by atoms with Crippen molar-refractivity contribution < 1.29 is 5.48 Å². The molecule has 2 aromatic rings. The molecule has 0 fully saturated rings. The maximum atomic E-state index is 7.46. The number of aromatic nitrogens is 2. The lowest BCUT2D eigenvalue weighted by atomic mass is 10.3. The van der Waals surface area contributed by atoms with E-state index >= 15 is 0 Å². The predicted octanol–water partition coefficient (Wildman–Crippen LogP) is 1.36. The SMILES string of the molecule is [2H]c1c([2H])c([2H])c2[nH][c]nc2c1[2H]. The molecule has 1 heterocycles. The lowest BCUT2D eigenvalue weighted by Crippen LogP contribution is -1.63. The molecule has 2 nitrogen and oxygen atoms in total. The van der Waals surface area contributed by atoms with Crippen molar-refractivity contribution in [3.8, 4) is 0 Å². The minimum atomic E-state index is -0.266. The molecule has 0 saturated carbocycles. The van der Waals surface area contributed by atoms with Crippen LogP contribution in [0.4, 0.5) is 0 Å². The fraction of sp³-hybridized carbons (Fsp3) is 0. The van der Waals surface area contributed by atoms with E-state index in [0.29, 0.717) is 5.52 Å². The number of nitrogens with zero attached hydrogens (tertiary/aromatic N) is 1. The van der Waals surface area contributed by atoms with Gasteiger partial charge in [-0.15, -0.1) is 0 Å². The Morgan fingerprint density at radius 3 is 3.44 bits per heavy atom. The summed E-state index contributed by atoms with van der Waals surface area (Å²) in [5.74, 6) is 0. The van der Waals surface area contributed by atoms with Gasteiger partial charge in [0.2, 0.25) is 0 Å². The highest BCUT2D eigenvalue weighted by molar-refractivity contribution is 5.73. The summed E-state index contributed by atoms with van der Waals surface area (Å²) in [5.41, 5.74) is 0.525. The third-order valence-corrected chi connectivity index (χ3v) is 1.02. The van der Waals surface area contributed by atoms with Gasteiger partial charge in [0.25, 0.3) is 0 Å². The number of aromatic amines is 1. The van der Waals surface area contributed by atoms with E-state index in [4.69, 9.17) is 5.48 Å². The third kappa shape index (κ3) is 0.598. The maximum Gasteiger partial charge on any atom is 0.174 e. The van der Waals surface area contributed by atoms with Crippen molar-refractivity contribution in [3.63, 3.8) is 0 Å². The zero-order valence-electron chi connectivity index (χ0n) is 8.45. The van der Waals surface area contributed by atoms with Crippen molar-refractivity contribution in [1.82, 2.24) is 9.97 Å². The number of imidazole rings is 1. The largest absolute Gasteiger partial charge is 0.335 e. The summed E-state index contributed by atoms with van der Waals surface area (Å²) in [6, 6.07) is -0.758. The van der Waals surface area contributed by atoms with Crippen LogP contribution in [0.15, 0.2) is 24.2 Å². The van der Waals surface area contributed by atoms with Gasteiger partial charge >= 0.3 is 0 Å². The van der Waals surface area contributed by atoms with Crippen LogP contribution in [0.2, 0.25) is 0 Å². The second kappa shape index (κ2) is 1.58. The Bertz CT molecular complexity index is 435. The molecule has 0 atom stereocenters. The predicted molar refractivity (Wildman–Crippen MR) is 34.9 cm³/mol. The minimum Gasteiger partial charge on any atom is -0.335 e. The second-order valence-corrected chi connectivity index (χ2v) is 1.57. The number of rotatable bonds is 0. The van der Waals surface area contributed by atoms with Gasteiger partial charge in [0, 0.05) is 0 Å². The van der Waals surface area contributed by atoms with Crippen LogP contribution in [0.1, 0.15) is 5.48 Å². The van der Waals surface area contributed by atoms with E-state index in [-0.39, 0.29) is 29.7 Å². The summed E-state index contributed by atoms with van der Waals surface area (Å²) in [6.45, 7) is 0. The van der Waals surface area contributed by atoms with Crippen LogP contribution < -0.4 is 0 Å². The van der Waals surface area contributed by atoms with E-state index in [1.807, 2.05) is 0 Å². The molecule has 1 radical (unpaired) electrons. The first-order valence-corrected chi connectivity index (χ1v) is 2.45. The molecule has 0 bridgehead atoms. The van der Waals surface area contributed by atoms with Crippen molar-refractivity contribution in [2.75, 3.05) is 0 Å². The normalized spacial score (nSPS) is 16.4. The van der Waals surface area contributed by atoms with Crippen LogP contribution >= 0.6 is 0 Å². The monoisotopic (exact) mass is 121 g/mol. The van der Waals surface area contributed by atoms with Crippen LogP contribution in [0, 0.1) is 6.33 Å². The number of nitrogens with one attached hydrogen (secondary N) is 1. The molecule has 0 aliphatic rings. The first-order valence-electron chi connectivity index (χ1n) is 4.45. The lowest BCUT2D eigenvalue weighted by molar-refractivity contribution is 1.32. The van der Waals surface area contributed by atoms with Crippen LogP contribution in [0.25, 0.3) is 11.0 Å². The van der Waals surface area contributed by atoms with Gasteiger partial charge in [-0.2, -0.15) is 0 Å². The smallest absolute Gasteiger partial charge is 0.174 e. The highest BCUT2D eigenvalue weighted by Crippen LogP contribution is 2.04. The van der Waals surface area contributed by atoms with E-state index in [9.17, 15) is 0 Å². The fourth-order valence-electron chi connectivity index (χ4n) is 0.620. The third-order valence-electron chi connectivity index (χ3n) is 1.02. The molecule has 2 heteroatoms. The van der Waals surface area contributed by atoms with Crippen LogP contribution in [0.5, 0.6) is 0 Å². The zero-order valence-corrected chi connectivity index (χ0v) is 4.45. The van der Waals surface area contributed by atoms with Gasteiger partial charge < -0.3 is 4.98 Å². The first kappa shape index (κ1) is 2.14. The van der Waals surface area contributed by atoms with Crippen LogP contribution in [0.3, 0.4) is 0 Å². The van der Waals surface area contributed by atoms with Gasteiger partial charge in [-0.05, 0) is 12.1 Å². The second-order valence-electron chi connectivity index (χ2n) is 1.57. The summed E-state index contributed by atoms with van der Waals surface area (Å²) in [5, 5.41) is 0. The molecule has 0 aliphatic heterocycles. The number of hydrogen-bond acceptors (Lipinski definition) is 1. The quantitative estimate of drug-likeness (QED) is 0.560. The summed E-state index contributed by atoms with van der Waals surface area (Å²) in [4.78, 5) is 6.24. The number of para-hydroxylation sites is 2. The van der Waals surface area contributed by atoms with Crippen molar-refractivity contribution >= 4 is 11.0 Å². The Labute approximate surface area is 58.2 Å².